The summed E-state index contributed by atoms with van der Waals surface area (Å²) in [5, 5.41) is 12.3. The number of rotatable bonds is 4. The first-order chi connectivity index (χ1) is 10.5. The molecule has 1 heterocycles. The van der Waals surface area contributed by atoms with E-state index in [0.717, 1.165) is 6.07 Å². The molecule has 0 spiro atoms. The molecule has 2 aromatic rings. The van der Waals surface area contributed by atoms with E-state index in [1.807, 2.05) is 0 Å². The van der Waals surface area contributed by atoms with Crippen molar-refractivity contribution in [2.45, 2.75) is 25.0 Å². The Kier molecular flexibility index (Phi) is 3.94. The summed E-state index contributed by atoms with van der Waals surface area (Å²) < 4.78 is 27.1. The number of carbonyl (C=O) groups excluding carboxylic acids is 1. The Labute approximate surface area is 126 Å². The number of aromatic nitrogens is 1. The third-order valence-corrected chi connectivity index (χ3v) is 4.07. The third kappa shape index (κ3) is 2.87. The van der Waals surface area contributed by atoms with Crippen LogP contribution in [-0.4, -0.2) is 22.1 Å². The van der Waals surface area contributed by atoms with Gasteiger partial charge in [0, 0.05) is 24.0 Å². The Morgan fingerprint density at radius 1 is 1.32 bits per heavy atom. The van der Waals surface area contributed by atoms with Crippen LogP contribution in [0.2, 0.25) is 0 Å². The van der Waals surface area contributed by atoms with Crippen LogP contribution in [0.3, 0.4) is 0 Å². The third-order valence-electron chi connectivity index (χ3n) is 4.07. The van der Waals surface area contributed by atoms with E-state index in [2.05, 4.69) is 10.3 Å². The maximum absolute atomic E-state index is 14.1. The number of amides is 1. The molecule has 4 nitrogen and oxygen atoms in total. The van der Waals surface area contributed by atoms with E-state index in [1.54, 1.807) is 18.5 Å². The minimum Gasteiger partial charge on any atom is -0.393 e. The van der Waals surface area contributed by atoms with E-state index in [4.69, 9.17) is 0 Å². The number of benzene rings is 1. The van der Waals surface area contributed by atoms with Crippen molar-refractivity contribution in [3.63, 3.8) is 0 Å². The minimum absolute atomic E-state index is 0.0714. The number of aliphatic hydroxyl groups is 1. The van der Waals surface area contributed by atoms with Crippen LogP contribution in [-0.2, 0) is 0 Å². The zero-order valence-electron chi connectivity index (χ0n) is 11.7. The molecule has 116 valence electrons. The number of aliphatic hydroxyl groups excluding tert-OH is 1. The first-order valence-corrected chi connectivity index (χ1v) is 7.11. The molecular formula is C16H16F2N2O2. The van der Waals surface area contributed by atoms with Crippen LogP contribution in [0.25, 0.3) is 0 Å². The standard InChI is InChI=1S/C16H16F2N2O2/c17-11-1-2-13(14(18)7-11)15(10-5-12(21)6-10)20-16(22)9-3-4-19-8-9/h1-4,7-8,10,12,15,19,21H,5-6H2,(H,20,22)/t10?,12?,15-/m0/s1. The molecule has 1 aliphatic carbocycles. The smallest absolute Gasteiger partial charge is 0.253 e. The molecule has 3 N–H and O–H groups in total. The molecule has 1 aromatic carbocycles. The van der Waals surface area contributed by atoms with Crippen LogP contribution >= 0.6 is 0 Å². The topological polar surface area (TPSA) is 65.1 Å². The van der Waals surface area contributed by atoms with Crippen molar-refractivity contribution < 1.29 is 18.7 Å². The fourth-order valence-electron chi connectivity index (χ4n) is 2.80. The van der Waals surface area contributed by atoms with E-state index in [1.165, 1.54) is 12.1 Å². The first-order valence-electron chi connectivity index (χ1n) is 7.11. The van der Waals surface area contributed by atoms with E-state index in [0.29, 0.717) is 18.4 Å². The second-order valence-electron chi connectivity index (χ2n) is 5.60. The molecule has 1 aliphatic rings. The Bertz CT molecular complexity index is 667. The number of aromatic amines is 1. The summed E-state index contributed by atoms with van der Waals surface area (Å²) in [5.41, 5.74) is 0.676. The highest BCUT2D eigenvalue weighted by Crippen LogP contribution is 2.39. The lowest BCUT2D eigenvalue weighted by Gasteiger charge is -2.38. The Hall–Kier alpha value is -2.21. The number of carbonyl (C=O) groups is 1. The zero-order chi connectivity index (χ0) is 15.7. The summed E-state index contributed by atoms with van der Waals surface area (Å²) in [4.78, 5) is 15.0. The van der Waals surface area contributed by atoms with Gasteiger partial charge in [0.15, 0.2) is 0 Å². The molecule has 1 fully saturated rings. The summed E-state index contributed by atoms with van der Waals surface area (Å²) in [6.45, 7) is 0. The van der Waals surface area contributed by atoms with Crippen molar-refractivity contribution in [3.05, 3.63) is 59.4 Å². The maximum atomic E-state index is 14.1. The fraction of sp³-hybridized carbons (Fsp3) is 0.312. The molecule has 1 saturated carbocycles. The number of H-pyrrole nitrogens is 1. The van der Waals surface area contributed by atoms with E-state index >= 15 is 0 Å². The second-order valence-corrected chi connectivity index (χ2v) is 5.60. The van der Waals surface area contributed by atoms with Gasteiger partial charge in [-0.15, -0.1) is 0 Å². The minimum atomic E-state index is -0.694. The largest absolute Gasteiger partial charge is 0.393 e. The van der Waals surface area contributed by atoms with Crippen LogP contribution in [0.4, 0.5) is 8.78 Å². The molecule has 6 heteroatoms. The van der Waals surface area contributed by atoms with Gasteiger partial charge >= 0.3 is 0 Å². The first kappa shape index (κ1) is 14.7. The fourth-order valence-corrected chi connectivity index (χ4v) is 2.80. The molecule has 3 rings (SSSR count). The number of halogens is 2. The molecule has 1 amide bonds. The van der Waals surface area contributed by atoms with Crippen molar-refractivity contribution in [3.8, 4) is 0 Å². The van der Waals surface area contributed by atoms with Crippen molar-refractivity contribution >= 4 is 5.91 Å². The lowest BCUT2D eigenvalue weighted by Crippen LogP contribution is -2.41. The van der Waals surface area contributed by atoms with Gasteiger partial charge in [0.05, 0.1) is 17.7 Å². The van der Waals surface area contributed by atoms with Gasteiger partial charge in [-0.1, -0.05) is 6.07 Å². The quantitative estimate of drug-likeness (QED) is 0.812. The lowest BCUT2D eigenvalue weighted by atomic mass is 9.75. The van der Waals surface area contributed by atoms with Crippen LogP contribution < -0.4 is 5.32 Å². The summed E-state index contributed by atoms with van der Waals surface area (Å²) in [6, 6.07) is 4.34. The van der Waals surface area contributed by atoms with Crippen molar-refractivity contribution in [1.82, 2.24) is 10.3 Å². The highest BCUT2D eigenvalue weighted by molar-refractivity contribution is 5.94. The van der Waals surface area contributed by atoms with E-state index in [-0.39, 0.29) is 17.4 Å². The number of hydrogen-bond acceptors (Lipinski definition) is 2. The van der Waals surface area contributed by atoms with Gasteiger partial charge in [0.2, 0.25) is 0 Å². The van der Waals surface area contributed by atoms with Crippen molar-refractivity contribution in [2.24, 2.45) is 5.92 Å². The van der Waals surface area contributed by atoms with Crippen LogP contribution in [0.5, 0.6) is 0 Å². The Morgan fingerprint density at radius 3 is 2.68 bits per heavy atom. The molecule has 0 unspecified atom stereocenters. The molecule has 0 saturated heterocycles. The average molecular weight is 306 g/mol. The van der Waals surface area contributed by atoms with Gasteiger partial charge in [0.1, 0.15) is 11.6 Å². The molecule has 1 aromatic heterocycles. The normalized spacial score (nSPS) is 22.0. The van der Waals surface area contributed by atoms with Gasteiger partial charge in [-0.05, 0) is 30.9 Å². The zero-order valence-corrected chi connectivity index (χ0v) is 11.7. The molecule has 0 aliphatic heterocycles. The van der Waals surface area contributed by atoms with Crippen molar-refractivity contribution in [1.29, 1.82) is 0 Å². The molecule has 1 atom stereocenters. The average Bonchev–Trinajstić information content (AvgIpc) is 2.96. The maximum Gasteiger partial charge on any atom is 0.253 e. The van der Waals surface area contributed by atoms with Gasteiger partial charge in [-0.3, -0.25) is 4.79 Å². The van der Waals surface area contributed by atoms with Gasteiger partial charge in [-0.25, -0.2) is 8.78 Å². The SMILES string of the molecule is O=C(N[C@H](c1ccc(F)cc1F)C1CC(O)C1)c1cc[nH]c1. The number of nitrogens with one attached hydrogen (secondary N) is 2. The van der Waals surface area contributed by atoms with Crippen LogP contribution in [0.1, 0.15) is 34.8 Å². The highest BCUT2D eigenvalue weighted by atomic mass is 19.1. The van der Waals surface area contributed by atoms with Gasteiger partial charge in [0.25, 0.3) is 5.91 Å². The summed E-state index contributed by atoms with van der Waals surface area (Å²) in [6.07, 6.45) is 3.70. The molecule has 22 heavy (non-hydrogen) atoms. The number of hydrogen-bond donors (Lipinski definition) is 3. The Morgan fingerprint density at radius 2 is 2.09 bits per heavy atom. The molecule has 0 radical (unpaired) electrons. The van der Waals surface area contributed by atoms with Crippen LogP contribution in [0.15, 0.2) is 36.7 Å². The highest BCUT2D eigenvalue weighted by Gasteiger charge is 2.37. The Balaban J connectivity index is 1.85. The summed E-state index contributed by atoms with van der Waals surface area (Å²) >= 11 is 0. The van der Waals surface area contributed by atoms with Gasteiger partial charge < -0.3 is 15.4 Å². The monoisotopic (exact) mass is 306 g/mol. The van der Waals surface area contributed by atoms with E-state index < -0.39 is 23.8 Å². The summed E-state index contributed by atoms with van der Waals surface area (Å²) in [5.74, 6) is -1.76. The van der Waals surface area contributed by atoms with E-state index in [9.17, 15) is 18.7 Å². The van der Waals surface area contributed by atoms with Gasteiger partial charge in [-0.2, -0.15) is 0 Å². The predicted molar refractivity (Wildman–Crippen MR) is 76.1 cm³/mol. The van der Waals surface area contributed by atoms with Crippen LogP contribution in [0, 0.1) is 17.6 Å². The molecule has 0 bridgehead atoms. The summed E-state index contributed by atoms with van der Waals surface area (Å²) in [7, 11) is 0. The molecular weight excluding hydrogens is 290 g/mol. The lowest BCUT2D eigenvalue weighted by molar-refractivity contribution is 0.0229. The van der Waals surface area contributed by atoms with Crippen molar-refractivity contribution in [2.75, 3.05) is 0 Å². The second kappa shape index (κ2) is 5.88. The predicted octanol–water partition coefficient (Wildman–Crippen LogP) is 2.53.